The van der Waals surface area contributed by atoms with E-state index in [0.29, 0.717) is 5.17 Å². The maximum absolute atomic E-state index is 11.2. The average molecular weight is 288 g/mol. The minimum atomic E-state index is -0.915. The van der Waals surface area contributed by atoms with Crippen molar-refractivity contribution in [2.45, 2.75) is 4.45 Å². The number of fused-ring (bicyclic) bond motifs is 1. The van der Waals surface area contributed by atoms with E-state index in [1.807, 2.05) is 24.3 Å². The zero-order chi connectivity index (χ0) is 11.1. The Labute approximate surface area is 101 Å². The molecule has 1 aromatic carbocycles. The van der Waals surface area contributed by atoms with E-state index in [-0.39, 0.29) is 0 Å². The largest absolute Gasteiger partial charge is 0.299 e. The van der Waals surface area contributed by atoms with Crippen molar-refractivity contribution in [2.75, 3.05) is 7.05 Å². The summed E-state index contributed by atoms with van der Waals surface area (Å²) in [5.41, 5.74) is 1.59. The smallest absolute Gasteiger partial charge is 0.192 e. The minimum Gasteiger partial charge on any atom is -0.299 e. The first kappa shape index (κ1) is 10.6. The molecule has 0 aromatic heterocycles. The number of hydrogen-bond acceptors (Lipinski definition) is 3. The molecule has 0 radical (unpaired) electrons. The summed E-state index contributed by atoms with van der Waals surface area (Å²) in [6, 6.07) is 7.42. The van der Waals surface area contributed by atoms with Crippen molar-refractivity contribution in [3.63, 3.8) is 0 Å². The molecule has 78 valence electrons. The highest BCUT2D eigenvalue weighted by molar-refractivity contribution is 9.10. The van der Waals surface area contributed by atoms with Crippen LogP contribution in [0.25, 0.3) is 0 Å². The Hall–Kier alpha value is -0.870. The Morgan fingerprint density at radius 2 is 2.20 bits per heavy atom. The van der Waals surface area contributed by atoms with Gasteiger partial charge in [0.05, 0.1) is 0 Å². The molecule has 15 heavy (non-hydrogen) atoms. The third kappa shape index (κ3) is 1.48. The number of hydrogen-bond donors (Lipinski definition) is 0. The maximum atomic E-state index is 11.2. The fourth-order valence-electron chi connectivity index (χ4n) is 1.54. The van der Waals surface area contributed by atoms with Crippen LogP contribution in [0.3, 0.4) is 0 Å². The zero-order valence-corrected chi connectivity index (χ0v) is 10.3. The first-order chi connectivity index (χ1) is 7.09. The molecule has 1 heterocycles. The predicted octanol–water partition coefficient (Wildman–Crippen LogP) is 2.28. The summed E-state index contributed by atoms with van der Waals surface area (Å²) in [5, 5.41) is 5.98. The van der Waals surface area contributed by atoms with E-state index in [1.165, 1.54) is 5.01 Å². The van der Waals surface area contributed by atoms with Gasteiger partial charge in [0.1, 0.15) is 0 Å². The lowest BCUT2D eigenvalue weighted by Crippen LogP contribution is -2.40. The van der Waals surface area contributed by atoms with Crippen LogP contribution in [0, 0.1) is 0 Å². The van der Waals surface area contributed by atoms with Crippen molar-refractivity contribution in [1.29, 1.82) is 0 Å². The van der Waals surface area contributed by atoms with Crippen LogP contribution in [-0.4, -0.2) is 23.5 Å². The maximum Gasteiger partial charge on any atom is 0.192 e. The lowest BCUT2D eigenvalue weighted by atomic mass is 10.00. The molecule has 3 nitrogen and oxygen atoms in total. The standard InChI is InChI=1S/C10H8BrClN2O/c1-14-10(11,6-15)8-5-3-2-4-7(8)9(12)13-14/h2-6H,1H3. The Kier molecular flexibility index (Phi) is 2.56. The van der Waals surface area contributed by atoms with E-state index in [2.05, 4.69) is 21.0 Å². The van der Waals surface area contributed by atoms with Gasteiger partial charge in [-0.3, -0.25) is 9.80 Å². The van der Waals surface area contributed by atoms with E-state index < -0.39 is 4.45 Å². The van der Waals surface area contributed by atoms with E-state index in [1.54, 1.807) is 7.05 Å². The second kappa shape index (κ2) is 3.61. The van der Waals surface area contributed by atoms with Crippen LogP contribution in [0.5, 0.6) is 0 Å². The van der Waals surface area contributed by atoms with Gasteiger partial charge < -0.3 is 0 Å². The molecule has 1 aromatic rings. The second-order valence-electron chi connectivity index (χ2n) is 3.25. The van der Waals surface area contributed by atoms with Gasteiger partial charge in [-0.2, -0.15) is 5.10 Å². The Morgan fingerprint density at radius 1 is 1.53 bits per heavy atom. The second-order valence-corrected chi connectivity index (χ2v) is 4.82. The number of halogens is 2. The number of alkyl halides is 1. The van der Waals surface area contributed by atoms with Gasteiger partial charge in [-0.15, -0.1) is 0 Å². The van der Waals surface area contributed by atoms with E-state index >= 15 is 0 Å². The molecule has 0 spiro atoms. The summed E-state index contributed by atoms with van der Waals surface area (Å²) in [6.07, 6.45) is 0.804. The number of aldehydes is 1. The lowest BCUT2D eigenvalue weighted by Gasteiger charge is -2.35. The number of rotatable bonds is 1. The van der Waals surface area contributed by atoms with Gasteiger partial charge >= 0.3 is 0 Å². The van der Waals surface area contributed by atoms with E-state index in [0.717, 1.165) is 17.4 Å². The van der Waals surface area contributed by atoms with Gasteiger partial charge in [0, 0.05) is 18.2 Å². The van der Waals surface area contributed by atoms with Crippen LogP contribution >= 0.6 is 27.5 Å². The van der Waals surface area contributed by atoms with Crippen LogP contribution in [0.4, 0.5) is 0 Å². The van der Waals surface area contributed by atoms with E-state index in [9.17, 15) is 4.79 Å². The lowest BCUT2D eigenvalue weighted by molar-refractivity contribution is -0.113. The number of benzene rings is 1. The zero-order valence-electron chi connectivity index (χ0n) is 7.95. The number of likely N-dealkylation sites (N-methyl/N-ethyl adjacent to an activating group) is 1. The molecular formula is C10H8BrClN2O. The predicted molar refractivity (Wildman–Crippen MR) is 63.3 cm³/mol. The summed E-state index contributed by atoms with van der Waals surface area (Å²) in [5.74, 6) is 0. The highest BCUT2D eigenvalue weighted by atomic mass is 79.9. The molecular weight excluding hydrogens is 279 g/mol. The summed E-state index contributed by atoms with van der Waals surface area (Å²) in [7, 11) is 1.70. The topological polar surface area (TPSA) is 32.7 Å². The normalized spacial score (nSPS) is 24.5. The van der Waals surface area contributed by atoms with Gasteiger partial charge in [-0.05, 0) is 15.9 Å². The van der Waals surface area contributed by atoms with Gasteiger partial charge in [0.25, 0.3) is 0 Å². The molecule has 0 amide bonds. The van der Waals surface area contributed by atoms with Crippen molar-refractivity contribution in [1.82, 2.24) is 5.01 Å². The molecule has 1 aliphatic rings. The van der Waals surface area contributed by atoms with E-state index in [4.69, 9.17) is 11.6 Å². The average Bonchev–Trinajstić information content (AvgIpc) is 2.26. The van der Waals surface area contributed by atoms with Crippen molar-refractivity contribution < 1.29 is 4.79 Å². The fraction of sp³-hybridized carbons (Fsp3) is 0.200. The monoisotopic (exact) mass is 286 g/mol. The van der Waals surface area contributed by atoms with Crippen LogP contribution in [-0.2, 0) is 9.24 Å². The number of carbonyl (C=O) groups is 1. The molecule has 0 saturated carbocycles. The van der Waals surface area contributed by atoms with Gasteiger partial charge in [0.15, 0.2) is 15.9 Å². The highest BCUT2D eigenvalue weighted by Gasteiger charge is 2.39. The first-order valence-corrected chi connectivity index (χ1v) is 5.50. The van der Waals surface area contributed by atoms with Crippen LogP contribution < -0.4 is 0 Å². The molecule has 1 atom stereocenters. The van der Waals surface area contributed by atoms with Crippen LogP contribution in [0.2, 0.25) is 0 Å². The number of carbonyl (C=O) groups excluding carboxylic acids is 1. The summed E-state index contributed by atoms with van der Waals surface area (Å²) in [6.45, 7) is 0. The van der Waals surface area contributed by atoms with Gasteiger partial charge in [0.2, 0.25) is 0 Å². The summed E-state index contributed by atoms with van der Waals surface area (Å²) >= 11 is 9.38. The summed E-state index contributed by atoms with van der Waals surface area (Å²) in [4.78, 5) is 11.2. The molecule has 1 aliphatic heterocycles. The Balaban J connectivity index is 2.70. The quantitative estimate of drug-likeness (QED) is 0.451. The van der Waals surface area contributed by atoms with Gasteiger partial charge in [-0.1, -0.05) is 35.9 Å². The highest BCUT2D eigenvalue weighted by Crippen LogP contribution is 2.38. The minimum absolute atomic E-state index is 0.394. The fourth-order valence-corrected chi connectivity index (χ4v) is 2.24. The van der Waals surface area contributed by atoms with Crippen LogP contribution in [0.1, 0.15) is 11.1 Å². The van der Waals surface area contributed by atoms with Crippen molar-refractivity contribution in [3.05, 3.63) is 35.4 Å². The molecule has 5 heteroatoms. The molecule has 0 fully saturated rings. The molecule has 2 rings (SSSR count). The van der Waals surface area contributed by atoms with Gasteiger partial charge in [-0.25, -0.2) is 0 Å². The first-order valence-electron chi connectivity index (χ1n) is 4.32. The molecule has 1 unspecified atom stereocenters. The Bertz CT molecular complexity index is 449. The van der Waals surface area contributed by atoms with Crippen molar-refractivity contribution >= 4 is 39.0 Å². The molecule has 0 N–H and O–H groups in total. The molecule has 0 aliphatic carbocycles. The van der Waals surface area contributed by atoms with Crippen LogP contribution in [0.15, 0.2) is 29.4 Å². The third-order valence-corrected chi connectivity index (χ3v) is 3.80. The molecule has 0 bridgehead atoms. The number of nitrogens with zero attached hydrogens (tertiary/aromatic N) is 2. The summed E-state index contributed by atoms with van der Waals surface area (Å²) < 4.78 is -0.915. The number of hydrazone groups is 1. The third-order valence-electron chi connectivity index (χ3n) is 2.39. The van der Waals surface area contributed by atoms with Crippen molar-refractivity contribution in [2.24, 2.45) is 5.10 Å². The van der Waals surface area contributed by atoms with Crippen molar-refractivity contribution in [3.8, 4) is 0 Å². The molecule has 0 saturated heterocycles. The SMILES string of the molecule is CN1N=C(Cl)c2ccccc2C1(Br)C=O. The Morgan fingerprint density at radius 3 is 2.87 bits per heavy atom.